The Bertz CT molecular complexity index is 355. The third-order valence-corrected chi connectivity index (χ3v) is 2.82. The van der Waals surface area contributed by atoms with Crippen molar-refractivity contribution < 1.29 is 18.7 Å². The highest BCUT2D eigenvalue weighted by atomic mass is 32.2. The van der Waals surface area contributed by atoms with Crippen molar-refractivity contribution in [2.75, 3.05) is 5.75 Å². The maximum atomic E-state index is 13.1. The van der Waals surface area contributed by atoms with Gasteiger partial charge < -0.3 is 5.11 Å². The van der Waals surface area contributed by atoms with Gasteiger partial charge in [0, 0.05) is 17.4 Å². The summed E-state index contributed by atoms with van der Waals surface area (Å²) in [7, 11) is 0. The van der Waals surface area contributed by atoms with Gasteiger partial charge in [0.2, 0.25) is 0 Å². The van der Waals surface area contributed by atoms with Gasteiger partial charge in [-0.25, -0.2) is 8.78 Å². The average molecular weight is 232 g/mol. The number of hydrogen-bond donors (Lipinski definition) is 1. The largest absolute Gasteiger partial charge is 0.481 e. The van der Waals surface area contributed by atoms with E-state index in [1.165, 1.54) is 23.9 Å². The van der Waals surface area contributed by atoms with E-state index in [0.717, 1.165) is 6.07 Å². The fourth-order valence-corrected chi connectivity index (χ4v) is 1.87. The molecule has 1 aromatic rings. The predicted octanol–water partition coefficient (Wildman–Crippen LogP) is 2.92. The van der Waals surface area contributed by atoms with E-state index < -0.39 is 17.6 Å². The van der Waals surface area contributed by atoms with Crippen molar-refractivity contribution in [1.29, 1.82) is 0 Å². The molecule has 0 aliphatic carbocycles. The maximum absolute atomic E-state index is 13.1. The molecule has 0 radical (unpaired) electrons. The number of rotatable bonds is 5. The summed E-state index contributed by atoms with van der Waals surface area (Å²) >= 11 is 1.19. The summed E-state index contributed by atoms with van der Waals surface area (Å²) in [6.45, 7) is 0. The van der Waals surface area contributed by atoms with Crippen molar-refractivity contribution in [3.8, 4) is 0 Å². The van der Waals surface area contributed by atoms with Crippen LogP contribution in [0.4, 0.5) is 8.78 Å². The zero-order valence-corrected chi connectivity index (χ0v) is 8.69. The van der Waals surface area contributed by atoms with E-state index in [-0.39, 0.29) is 6.42 Å². The molecule has 15 heavy (non-hydrogen) atoms. The number of thioether (sulfide) groups is 1. The summed E-state index contributed by atoms with van der Waals surface area (Å²) in [5, 5.41) is 8.37. The Balaban J connectivity index is 2.40. The Morgan fingerprint density at radius 1 is 1.40 bits per heavy atom. The van der Waals surface area contributed by atoms with E-state index in [2.05, 4.69) is 0 Å². The van der Waals surface area contributed by atoms with Crippen molar-refractivity contribution in [2.24, 2.45) is 0 Å². The Kier molecular flexibility index (Phi) is 4.55. The van der Waals surface area contributed by atoms with E-state index in [9.17, 15) is 13.6 Å². The second kappa shape index (κ2) is 5.70. The minimum Gasteiger partial charge on any atom is -0.481 e. The molecule has 0 spiro atoms. The monoisotopic (exact) mass is 232 g/mol. The smallest absolute Gasteiger partial charge is 0.303 e. The summed E-state index contributed by atoms with van der Waals surface area (Å²) in [4.78, 5) is 10.5. The summed E-state index contributed by atoms with van der Waals surface area (Å²) in [6, 6.07) is 3.36. The van der Waals surface area contributed by atoms with Gasteiger partial charge in [-0.3, -0.25) is 4.79 Å². The van der Waals surface area contributed by atoms with E-state index in [4.69, 9.17) is 5.11 Å². The molecule has 0 saturated heterocycles. The Morgan fingerprint density at radius 2 is 2.13 bits per heavy atom. The molecule has 1 aromatic carbocycles. The van der Waals surface area contributed by atoms with E-state index in [1.807, 2.05) is 0 Å². The SMILES string of the molecule is O=C(O)CCCSc1ccc(F)cc1F. The van der Waals surface area contributed by atoms with Crippen LogP contribution < -0.4 is 0 Å². The van der Waals surface area contributed by atoms with Gasteiger partial charge in [0.05, 0.1) is 0 Å². The minimum absolute atomic E-state index is 0.0653. The molecule has 0 aliphatic heterocycles. The number of hydrogen-bond acceptors (Lipinski definition) is 2. The van der Waals surface area contributed by atoms with Crippen molar-refractivity contribution in [1.82, 2.24) is 0 Å². The molecule has 0 fully saturated rings. The maximum Gasteiger partial charge on any atom is 0.303 e. The molecule has 0 saturated carbocycles. The third-order valence-electron chi connectivity index (χ3n) is 1.69. The fraction of sp³-hybridized carbons (Fsp3) is 0.300. The highest BCUT2D eigenvalue weighted by Gasteiger charge is 2.04. The third kappa shape index (κ3) is 4.29. The molecule has 0 atom stereocenters. The Morgan fingerprint density at radius 3 is 2.73 bits per heavy atom. The normalized spacial score (nSPS) is 10.3. The topological polar surface area (TPSA) is 37.3 Å². The Labute approximate surface area is 90.3 Å². The van der Waals surface area contributed by atoms with Crippen LogP contribution in [-0.4, -0.2) is 16.8 Å². The number of carboxylic acids is 1. The van der Waals surface area contributed by atoms with Crippen LogP contribution in [0.5, 0.6) is 0 Å². The number of carboxylic acid groups (broad SMARTS) is 1. The molecule has 1 rings (SSSR count). The number of aliphatic carboxylic acids is 1. The molecule has 0 aromatic heterocycles. The number of benzene rings is 1. The first-order valence-electron chi connectivity index (χ1n) is 4.39. The summed E-state index contributed by atoms with van der Waals surface area (Å²) in [5.41, 5.74) is 0. The van der Waals surface area contributed by atoms with Gasteiger partial charge in [0.15, 0.2) is 0 Å². The first-order chi connectivity index (χ1) is 7.09. The van der Waals surface area contributed by atoms with Crippen molar-refractivity contribution in [2.45, 2.75) is 17.7 Å². The van der Waals surface area contributed by atoms with Gasteiger partial charge in [0.1, 0.15) is 11.6 Å². The van der Waals surface area contributed by atoms with Crippen LogP contribution in [0.3, 0.4) is 0 Å². The van der Waals surface area contributed by atoms with Crippen LogP contribution in [-0.2, 0) is 4.79 Å². The van der Waals surface area contributed by atoms with Crippen LogP contribution in [0.15, 0.2) is 23.1 Å². The van der Waals surface area contributed by atoms with Crippen LogP contribution in [0.2, 0.25) is 0 Å². The Hall–Kier alpha value is -1.10. The quantitative estimate of drug-likeness (QED) is 0.626. The highest BCUT2D eigenvalue weighted by Crippen LogP contribution is 2.23. The van der Waals surface area contributed by atoms with E-state index in [0.29, 0.717) is 17.1 Å². The van der Waals surface area contributed by atoms with Gasteiger partial charge in [-0.2, -0.15) is 0 Å². The number of carbonyl (C=O) groups is 1. The molecule has 0 bridgehead atoms. The van der Waals surface area contributed by atoms with Crippen LogP contribution in [0.1, 0.15) is 12.8 Å². The molecular formula is C10H10F2O2S. The summed E-state index contributed by atoms with van der Waals surface area (Å²) in [5.74, 6) is -1.57. The first kappa shape index (κ1) is 12.0. The fourth-order valence-electron chi connectivity index (χ4n) is 0.998. The van der Waals surface area contributed by atoms with E-state index in [1.54, 1.807) is 0 Å². The van der Waals surface area contributed by atoms with Gasteiger partial charge >= 0.3 is 5.97 Å². The zero-order chi connectivity index (χ0) is 11.3. The molecule has 5 heteroatoms. The van der Waals surface area contributed by atoms with Crippen molar-refractivity contribution in [3.05, 3.63) is 29.8 Å². The second-order valence-corrected chi connectivity index (χ2v) is 4.06. The molecule has 1 N–H and O–H groups in total. The lowest BCUT2D eigenvalue weighted by molar-refractivity contribution is -0.137. The molecule has 0 amide bonds. The lowest BCUT2D eigenvalue weighted by Crippen LogP contribution is -1.95. The van der Waals surface area contributed by atoms with E-state index >= 15 is 0 Å². The van der Waals surface area contributed by atoms with Crippen molar-refractivity contribution >= 4 is 17.7 Å². The molecule has 82 valence electrons. The molecule has 0 aliphatic rings. The van der Waals surface area contributed by atoms with Crippen LogP contribution >= 0.6 is 11.8 Å². The molecule has 2 nitrogen and oxygen atoms in total. The van der Waals surface area contributed by atoms with Gasteiger partial charge in [0.25, 0.3) is 0 Å². The highest BCUT2D eigenvalue weighted by molar-refractivity contribution is 7.99. The molecular weight excluding hydrogens is 222 g/mol. The van der Waals surface area contributed by atoms with Crippen LogP contribution in [0, 0.1) is 11.6 Å². The summed E-state index contributed by atoms with van der Waals surface area (Å²) < 4.78 is 25.6. The average Bonchev–Trinajstić information content (AvgIpc) is 2.14. The minimum atomic E-state index is -0.866. The lowest BCUT2D eigenvalue weighted by Gasteiger charge is -2.01. The predicted molar refractivity (Wildman–Crippen MR) is 54.0 cm³/mol. The zero-order valence-electron chi connectivity index (χ0n) is 7.87. The number of halogens is 2. The first-order valence-corrected chi connectivity index (χ1v) is 5.38. The lowest BCUT2D eigenvalue weighted by atomic mass is 10.3. The van der Waals surface area contributed by atoms with Gasteiger partial charge in [-0.15, -0.1) is 11.8 Å². The standard InChI is InChI=1S/C10H10F2O2S/c11-7-3-4-9(8(12)6-7)15-5-1-2-10(13)14/h3-4,6H,1-2,5H2,(H,13,14). The molecule has 0 heterocycles. The van der Waals surface area contributed by atoms with Crippen molar-refractivity contribution in [3.63, 3.8) is 0 Å². The summed E-state index contributed by atoms with van der Waals surface area (Å²) in [6.07, 6.45) is 0.534. The van der Waals surface area contributed by atoms with Gasteiger partial charge in [-0.05, 0) is 24.3 Å². The van der Waals surface area contributed by atoms with Gasteiger partial charge in [-0.1, -0.05) is 0 Å². The molecule has 0 unspecified atom stereocenters. The van der Waals surface area contributed by atoms with Crippen LogP contribution in [0.25, 0.3) is 0 Å². The second-order valence-electron chi connectivity index (χ2n) is 2.92.